The SMILES string of the molecule is CCOC(=O)CCN(C)c1cccc(NC(C)=O)c1. The summed E-state index contributed by atoms with van der Waals surface area (Å²) in [5.41, 5.74) is 1.68. The number of nitrogens with zero attached hydrogens (tertiary/aromatic N) is 1. The number of ether oxygens (including phenoxy) is 1. The van der Waals surface area contributed by atoms with E-state index in [4.69, 9.17) is 4.74 Å². The smallest absolute Gasteiger partial charge is 0.307 e. The van der Waals surface area contributed by atoms with E-state index < -0.39 is 0 Å². The molecule has 0 radical (unpaired) electrons. The average Bonchev–Trinajstić information content (AvgIpc) is 2.36. The summed E-state index contributed by atoms with van der Waals surface area (Å²) in [6, 6.07) is 7.48. The van der Waals surface area contributed by atoms with Crippen molar-refractivity contribution in [3.8, 4) is 0 Å². The number of benzene rings is 1. The second kappa shape index (κ2) is 7.41. The molecule has 5 heteroatoms. The molecule has 0 saturated carbocycles. The maximum Gasteiger partial charge on any atom is 0.307 e. The Morgan fingerprint density at radius 2 is 2.11 bits per heavy atom. The number of carbonyl (C=O) groups excluding carboxylic acids is 2. The predicted octanol–water partition coefficient (Wildman–Crippen LogP) is 2.03. The second-order valence-corrected chi connectivity index (χ2v) is 4.21. The molecule has 0 atom stereocenters. The number of anilines is 2. The monoisotopic (exact) mass is 264 g/mol. The van der Waals surface area contributed by atoms with Crippen LogP contribution in [0.2, 0.25) is 0 Å². The summed E-state index contributed by atoms with van der Waals surface area (Å²) in [5, 5.41) is 2.73. The fourth-order valence-corrected chi connectivity index (χ4v) is 1.65. The van der Waals surface area contributed by atoms with Crippen molar-refractivity contribution in [3.05, 3.63) is 24.3 Å². The van der Waals surface area contributed by atoms with Crippen molar-refractivity contribution in [2.75, 3.05) is 30.4 Å². The number of rotatable bonds is 6. The number of amides is 1. The molecule has 0 spiro atoms. The fraction of sp³-hybridized carbons (Fsp3) is 0.429. The lowest BCUT2D eigenvalue weighted by atomic mass is 10.2. The van der Waals surface area contributed by atoms with Crippen LogP contribution in [0.1, 0.15) is 20.3 Å². The minimum atomic E-state index is -0.202. The van der Waals surface area contributed by atoms with E-state index in [2.05, 4.69) is 5.32 Å². The molecule has 1 N–H and O–H groups in total. The number of esters is 1. The van der Waals surface area contributed by atoms with E-state index in [1.165, 1.54) is 6.92 Å². The molecule has 19 heavy (non-hydrogen) atoms. The number of hydrogen-bond acceptors (Lipinski definition) is 4. The van der Waals surface area contributed by atoms with Crippen LogP contribution in [-0.2, 0) is 14.3 Å². The van der Waals surface area contributed by atoms with Gasteiger partial charge in [0, 0.05) is 31.9 Å². The van der Waals surface area contributed by atoms with Gasteiger partial charge in [0.2, 0.25) is 5.91 Å². The van der Waals surface area contributed by atoms with Gasteiger partial charge in [-0.05, 0) is 25.1 Å². The highest BCUT2D eigenvalue weighted by Crippen LogP contribution is 2.18. The topological polar surface area (TPSA) is 58.6 Å². The van der Waals surface area contributed by atoms with E-state index in [1.54, 1.807) is 6.92 Å². The van der Waals surface area contributed by atoms with E-state index in [0.717, 1.165) is 11.4 Å². The zero-order valence-corrected chi connectivity index (χ0v) is 11.6. The third-order valence-corrected chi connectivity index (χ3v) is 2.56. The summed E-state index contributed by atoms with van der Waals surface area (Å²) in [5.74, 6) is -0.307. The second-order valence-electron chi connectivity index (χ2n) is 4.21. The van der Waals surface area contributed by atoms with Gasteiger partial charge in [0.05, 0.1) is 13.0 Å². The van der Waals surface area contributed by atoms with Crippen molar-refractivity contribution in [2.24, 2.45) is 0 Å². The standard InChI is InChI=1S/C14H20N2O3/c1-4-19-14(18)8-9-16(3)13-7-5-6-12(10-13)15-11(2)17/h5-7,10H,4,8-9H2,1-3H3,(H,15,17). The van der Waals surface area contributed by atoms with Crippen molar-refractivity contribution in [1.82, 2.24) is 0 Å². The fourth-order valence-electron chi connectivity index (χ4n) is 1.65. The number of carbonyl (C=O) groups is 2. The summed E-state index contributed by atoms with van der Waals surface area (Å²) in [6.07, 6.45) is 0.342. The van der Waals surface area contributed by atoms with Gasteiger partial charge in [-0.1, -0.05) is 6.07 Å². The van der Waals surface area contributed by atoms with Gasteiger partial charge in [-0.25, -0.2) is 0 Å². The molecular weight excluding hydrogens is 244 g/mol. The first-order valence-electron chi connectivity index (χ1n) is 6.27. The van der Waals surface area contributed by atoms with Gasteiger partial charge in [0.1, 0.15) is 0 Å². The lowest BCUT2D eigenvalue weighted by Crippen LogP contribution is -2.22. The van der Waals surface area contributed by atoms with E-state index in [9.17, 15) is 9.59 Å². The first-order chi connectivity index (χ1) is 9.02. The molecule has 1 rings (SSSR count). The lowest BCUT2D eigenvalue weighted by molar-refractivity contribution is -0.142. The van der Waals surface area contributed by atoms with Gasteiger partial charge in [-0.15, -0.1) is 0 Å². The lowest BCUT2D eigenvalue weighted by Gasteiger charge is -2.19. The van der Waals surface area contributed by atoms with E-state index >= 15 is 0 Å². The predicted molar refractivity (Wildman–Crippen MR) is 75.3 cm³/mol. The van der Waals surface area contributed by atoms with Gasteiger partial charge in [-0.3, -0.25) is 9.59 Å². The van der Waals surface area contributed by atoms with Gasteiger partial charge >= 0.3 is 5.97 Å². The number of nitrogens with one attached hydrogen (secondary N) is 1. The molecule has 0 aromatic heterocycles. The zero-order chi connectivity index (χ0) is 14.3. The molecule has 0 aliphatic carbocycles. The molecule has 0 unspecified atom stereocenters. The molecule has 5 nitrogen and oxygen atoms in total. The van der Waals surface area contributed by atoms with Crippen molar-refractivity contribution in [2.45, 2.75) is 20.3 Å². The minimum absolute atomic E-state index is 0.105. The molecule has 0 bridgehead atoms. The van der Waals surface area contributed by atoms with E-state index in [1.807, 2.05) is 36.2 Å². The molecule has 1 aromatic carbocycles. The Morgan fingerprint density at radius 3 is 2.74 bits per heavy atom. The van der Waals surface area contributed by atoms with Crippen LogP contribution < -0.4 is 10.2 Å². The Kier molecular flexibility index (Phi) is 5.85. The maximum atomic E-state index is 11.3. The minimum Gasteiger partial charge on any atom is -0.466 e. The molecule has 0 saturated heterocycles. The normalized spacial score (nSPS) is 9.84. The molecule has 104 valence electrons. The van der Waals surface area contributed by atoms with Crippen LogP contribution in [0.15, 0.2) is 24.3 Å². The third-order valence-electron chi connectivity index (χ3n) is 2.56. The number of hydrogen-bond donors (Lipinski definition) is 1. The summed E-state index contributed by atoms with van der Waals surface area (Å²) in [4.78, 5) is 24.2. The first-order valence-corrected chi connectivity index (χ1v) is 6.27. The van der Waals surface area contributed by atoms with E-state index in [0.29, 0.717) is 19.6 Å². The molecule has 1 aromatic rings. The quantitative estimate of drug-likeness (QED) is 0.799. The van der Waals surface area contributed by atoms with Crippen LogP contribution in [0.5, 0.6) is 0 Å². The first kappa shape index (κ1) is 15.0. The summed E-state index contributed by atoms with van der Waals surface area (Å²) in [6.45, 7) is 4.23. The Bertz CT molecular complexity index is 446. The Balaban J connectivity index is 2.58. The third kappa shape index (κ3) is 5.42. The largest absolute Gasteiger partial charge is 0.466 e. The molecule has 1 amide bonds. The van der Waals surface area contributed by atoms with Crippen LogP contribution in [0, 0.1) is 0 Å². The Labute approximate surface area is 113 Å². The van der Waals surface area contributed by atoms with Crippen LogP contribution in [-0.4, -0.2) is 32.1 Å². The van der Waals surface area contributed by atoms with Gasteiger partial charge in [0.25, 0.3) is 0 Å². The van der Waals surface area contributed by atoms with Crippen LogP contribution in [0.3, 0.4) is 0 Å². The molecular formula is C14H20N2O3. The molecule has 0 fully saturated rings. The van der Waals surface area contributed by atoms with Crippen LogP contribution in [0.25, 0.3) is 0 Å². The van der Waals surface area contributed by atoms with Gasteiger partial charge < -0.3 is 15.0 Å². The molecule has 0 heterocycles. The molecule has 0 aliphatic rings. The highest BCUT2D eigenvalue weighted by molar-refractivity contribution is 5.89. The van der Waals surface area contributed by atoms with Crippen LogP contribution >= 0.6 is 0 Å². The summed E-state index contributed by atoms with van der Waals surface area (Å²) >= 11 is 0. The summed E-state index contributed by atoms with van der Waals surface area (Å²) in [7, 11) is 1.89. The van der Waals surface area contributed by atoms with Crippen molar-refractivity contribution < 1.29 is 14.3 Å². The zero-order valence-electron chi connectivity index (χ0n) is 11.6. The van der Waals surface area contributed by atoms with Crippen molar-refractivity contribution in [1.29, 1.82) is 0 Å². The average molecular weight is 264 g/mol. The van der Waals surface area contributed by atoms with Crippen molar-refractivity contribution in [3.63, 3.8) is 0 Å². The van der Waals surface area contributed by atoms with Gasteiger partial charge in [-0.2, -0.15) is 0 Å². The van der Waals surface area contributed by atoms with Crippen LogP contribution in [0.4, 0.5) is 11.4 Å². The van der Waals surface area contributed by atoms with Crippen molar-refractivity contribution >= 4 is 23.3 Å². The Morgan fingerprint density at radius 1 is 1.37 bits per heavy atom. The van der Waals surface area contributed by atoms with E-state index in [-0.39, 0.29) is 11.9 Å². The summed E-state index contributed by atoms with van der Waals surface area (Å²) < 4.78 is 4.88. The highest BCUT2D eigenvalue weighted by atomic mass is 16.5. The molecule has 0 aliphatic heterocycles. The maximum absolute atomic E-state index is 11.3. The Hall–Kier alpha value is -2.04. The van der Waals surface area contributed by atoms with Gasteiger partial charge in [0.15, 0.2) is 0 Å². The highest BCUT2D eigenvalue weighted by Gasteiger charge is 2.06.